The van der Waals surface area contributed by atoms with Crippen molar-refractivity contribution in [2.24, 2.45) is 5.73 Å². The van der Waals surface area contributed by atoms with E-state index < -0.39 is 0 Å². The van der Waals surface area contributed by atoms with Crippen LogP contribution >= 0.6 is 0 Å². The molecule has 4 heteroatoms. The predicted molar refractivity (Wildman–Crippen MR) is 78.6 cm³/mol. The summed E-state index contributed by atoms with van der Waals surface area (Å²) in [6, 6.07) is 11.5. The number of fused-ring (bicyclic) bond motifs is 1. The highest BCUT2D eigenvalue weighted by molar-refractivity contribution is 5.85. The van der Waals surface area contributed by atoms with Crippen LogP contribution in [-0.4, -0.2) is 17.1 Å². The number of methoxy groups -OCH3 is 1. The Morgan fingerprint density at radius 2 is 1.90 bits per heavy atom. The summed E-state index contributed by atoms with van der Waals surface area (Å²) in [5.41, 5.74) is 8.22. The molecule has 1 unspecified atom stereocenters. The van der Waals surface area contributed by atoms with Crippen LogP contribution in [0.3, 0.4) is 0 Å². The number of hydrogen-bond donors (Lipinski definition) is 1. The summed E-state index contributed by atoms with van der Waals surface area (Å²) in [5, 5.41) is 2.17. The monoisotopic (exact) mass is 265 g/mol. The number of rotatable bonds is 3. The molecule has 2 heterocycles. The van der Waals surface area contributed by atoms with Crippen molar-refractivity contribution in [2.75, 3.05) is 7.11 Å². The highest BCUT2D eigenvalue weighted by Crippen LogP contribution is 2.30. The van der Waals surface area contributed by atoms with Gasteiger partial charge in [0, 0.05) is 29.5 Å². The van der Waals surface area contributed by atoms with Crippen molar-refractivity contribution < 1.29 is 4.74 Å². The van der Waals surface area contributed by atoms with E-state index in [4.69, 9.17) is 10.5 Å². The van der Waals surface area contributed by atoms with E-state index in [-0.39, 0.29) is 6.04 Å². The molecule has 3 rings (SSSR count). The predicted octanol–water partition coefficient (Wildman–Crippen LogP) is 2.69. The molecule has 0 aliphatic rings. The molecule has 0 aliphatic carbocycles. The molecule has 0 radical (unpaired) electrons. The summed E-state index contributed by atoms with van der Waals surface area (Å²) >= 11 is 0. The average Bonchev–Trinajstić information content (AvgIpc) is 2.53. The lowest BCUT2D eigenvalue weighted by Gasteiger charge is -2.16. The Kier molecular flexibility index (Phi) is 3.31. The molecule has 1 atom stereocenters. The van der Waals surface area contributed by atoms with E-state index in [1.54, 1.807) is 19.5 Å². The Bertz CT molecular complexity index is 737. The zero-order valence-corrected chi connectivity index (χ0v) is 11.2. The maximum absolute atomic E-state index is 6.40. The van der Waals surface area contributed by atoms with Gasteiger partial charge < -0.3 is 10.5 Å². The van der Waals surface area contributed by atoms with E-state index in [0.29, 0.717) is 5.88 Å². The molecule has 0 saturated heterocycles. The van der Waals surface area contributed by atoms with Gasteiger partial charge >= 0.3 is 0 Å². The molecule has 2 aromatic heterocycles. The topological polar surface area (TPSA) is 61.0 Å². The minimum atomic E-state index is -0.322. The lowest BCUT2D eigenvalue weighted by Crippen LogP contribution is -2.14. The van der Waals surface area contributed by atoms with Crippen molar-refractivity contribution in [3.63, 3.8) is 0 Å². The maximum atomic E-state index is 6.40. The number of aromatic nitrogens is 2. The molecule has 2 N–H and O–H groups in total. The molecule has 0 spiro atoms. The van der Waals surface area contributed by atoms with E-state index in [9.17, 15) is 0 Å². The van der Waals surface area contributed by atoms with Gasteiger partial charge in [-0.3, -0.25) is 4.98 Å². The van der Waals surface area contributed by atoms with Crippen molar-refractivity contribution in [1.29, 1.82) is 0 Å². The van der Waals surface area contributed by atoms with Crippen molar-refractivity contribution in [3.8, 4) is 5.88 Å². The van der Waals surface area contributed by atoms with Gasteiger partial charge in [0.2, 0.25) is 5.88 Å². The second-order valence-electron chi connectivity index (χ2n) is 4.53. The molecule has 0 saturated carbocycles. The van der Waals surface area contributed by atoms with Crippen molar-refractivity contribution in [1.82, 2.24) is 9.97 Å². The number of hydrogen-bond acceptors (Lipinski definition) is 4. The smallest absolute Gasteiger partial charge is 0.218 e. The van der Waals surface area contributed by atoms with Crippen LogP contribution in [0.1, 0.15) is 17.2 Å². The fourth-order valence-electron chi connectivity index (χ4n) is 2.37. The summed E-state index contributed by atoms with van der Waals surface area (Å²) in [5.74, 6) is 0.549. The summed E-state index contributed by atoms with van der Waals surface area (Å²) in [6.07, 6.45) is 5.34. The Morgan fingerprint density at radius 3 is 2.75 bits per heavy atom. The van der Waals surface area contributed by atoms with Gasteiger partial charge in [0.1, 0.15) is 0 Å². The molecule has 0 amide bonds. The molecular formula is C16H15N3O. The fraction of sp³-hybridized carbons (Fsp3) is 0.125. The third-order valence-electron chi connectivity index (χ3n) is 3.36. The number of nitrogens with two attached hydrogens (primary N) is 1. The first-order chi connectivity index (χ1) is 9.81. The summed E-state index contributed by atoms with van der Waals surface area (Å²) in [7, 11) is 1.60. The van der Waals surface area contributed by atoms with E-state index >= 15 is 0 Å². The fourth-order valence-corrected chi connectivity index (χ4v) is 2.37. The number of ether oxygens (including phenoxy) is 1. The molecule has 0 aliphatic heterocycles. The first-order valence-electron chi connectivity index (χ1n) is 6.38. The molecule has 20 heavy (non-hydrogen) atoms. The lowest BCUT2D eigenvalue weighted by molar-refractivity contribution is 0.390. The molecule has 100 valence electrons. The van der Waals surface area contributed by atoms with Gasteiger partial charge in [0.05, 0.1) is 13.2 Å². The standard InChI is InChI=1S/C16H15N3O/c1-20-16-13(7-4-8-19-16)15(17)14-10-18-9-11-5-2-3-6-12(11)14/h2-10,15H,17H2,1H3. The van der Waals surface area contributed by atoms with Crippen molar-refractivity contribution in [3.05, 3.63) is 66.1 Å². The number of benzene rings is 1. The van der Waals surface area contributed by atoms with Crippen LogP contribution in [0.5, 0.6) is 5.88 Å². The summed E-state index contributed by atoms with van der Waals surface area (Å²) in [4.78, 5) is 8.47. The van der Waals surface area contributed by atoms with Gasteiger partial charge in [-0.1, -0.05) is 30.3 Å². The van der Waals surface area contributed by atoms with Gasteiger partial charge in [0.25, 0.3) is 0 Å². The minimum absolute atomic E-state index is 0.322. The van der Waals surface area contributed by atoms with Crippen LogP contribution in [0.4, 0.5) is 0 Å². The van der Waals surface area contributed by atoms with Gasteiger partial charge in [0.15, 0.2) is 0 Å². The molecule has 0 fully saturated rings. The zero-order chi connectivity index (χ0) is 13.9. The lowest BCUT2D eigenvalue weighted by atomic mass is 9.97. The number of pyridine rings is 2. The minimum Gasteiger partial charge on any atom is -0.481 e. The quantitative estimate of drug-likeness (QED) is 0.791. The second-order valence-corrected chi connectivity index (χ2v) is 4.53. The van der Waals surface area contributed by atoms with E-state index in [1.807, 2.05) is 36.5 Å². The summed E-state index contributed by atoms with van der Waals surface area (Å²) < 4.78 is 5.29. The summed E-state index contributed by atoms with van der Waals surface area (Å²) in [6.45, 7) is 0. The largest absolute Gasteiger partial charge is 0.481 e. The Labute approximate surface area is 117 Å². The van der Waals surface area contributed by atoms with Crippen LogP contribution in [-0.2, 0) is 0 Å². The molecule has 1 aromatic carbocycles. The molecule has 3 aromatic rings. The maximum Gasteiger partial charge on any atom is 0.218 e. The SMILES string of the molecule is COc1ncccc1C(N)c1cncc2ccccc12. The number of nitrogens with zero attached hydrogens (tertiary/aromatic N) is 2. The highest BCUT2D eigenvalue weighted by Gasteiger charge is 2.17. The van der Waals surface area contributed by atoms with Gasteiger partial charge in [-0.25, -0.2) is 4.98 Å². The van der Waals surface area contributed by atoms with E-state index in [1.165, 1.54) is 0 Å². The first-order valence-corrected chi connectivity index (χ1v) is 6.38. The highest BCUT2D eigenvalue weighted by atomic mass is 16.5. The molecular weight excluding hydrogens is 250 g/mol. The van der Waals surface area contributed by atoms with Gasteiger partial charge in [-0.05, 0) is 17.0 Å². The first kappa shape index (κ1) is 12.6. The van der Waals surface area contributed by atoms with Crippen LogP contribution in [0.2, 0.25) is 0 Å². The third-order valence-corrected chi connectivity index (χ3v) is 3.36. The third kappa shape index (κ3) is 2.10. The molecule has 0 bridgehead atoms. The average molecular weight is 265 g/mol. The van der Waals surface area contributed by atoms with Crippen LogP contribution < -0.4 is 10.5 Å². The van der Waals surface area contributed by atoms with Crippen LogP contribution in [0.15, 0.2) is 55.0 Å². The van der Waals surface area contributed by atoms with Crippen molar-refractivity contribution in [2.45, 2.75) is 6.04 Å². The van der Waals surface area contributed by atoms with E-state index in [2.05, 4.69) is 16.0 Å². The molecule has 4 nitrogen and oxygen atoms in total. The normalized spacial score (nSPS) is 12.3. The van der Waals surface area contributed by atoms with Crippen LogP contribution in [0, 0.1) is 0 Å². The zero-order valence-electron chi connectivity index (χ0n) is 11.2. The van der Waals surface area contributed by atoms with Gasteiger partial charge in [-0.15, -0.1) is 0 Å². The van der Waals surface area contributed by atoms with Crippen LogP contribution in [0.25, 0.3) is 10.8 Å². The van der Waals surface area contributed by atoms with E-state index in [0.717, 1.165) is 21.9 Å². The van der Waals surface area contributed by atoms with Crippen molar-refractivity contribution >= 4 is 10.8 Å². The Balaban J connectivity index is 2.15. The van der Waals surface area contributed by atoms with Gasteiger partial charge in [-0.2, -0.15) is 0 Å². The Morgan fingerprint density at radius 1 is 1.05 bits per heavy atom. The Hall–Kier alpha value is -2.46. The second kappa shape index (κ2) is 5.27.